The van der Waals surface area contributed by atoms with Crippen LogP contribution in [0.4, 0.5) is 0 Å². The lowest BCUT2D eigenvalue weighted by atomic mass is 10.0. The predicted octanol–water partition coefficient (Wildman–Crippen LogP) is 3.95. The summed E-state index contributed by atoms with van der Waals surface area (Å²) in [4.78, 5) is -0.0648. The van der Waals surface area contributed by atoms with Crippen LogP contribution in [-0.4, -0.2) is 28.2 Å². The van der Waals surface area contributed by atoms with Gasteiger partial charge in [0, 0.05) is 22.5 Å². The van der Waals surface area contributed by atoms with Crippen LogP contribution < -0.4 is 18.4 Å². The van der Waals surface area contributed by atoms with E-state index in [1.807, 2.05) is 19.9 Å². The number of rotatable bonds is 5. The fourth-order valence-electron chi connectivity index (χ4n) is 2.84. The van der Waals surface area contributed by atoms with Crippen LogP contribution in [0.25, 0.3) is 0 Å². The highest BCUT2D eigenvalue weighted by atomic mass is 79.9. The largest absolute Gasteiger partial charge is 0.493 e. The summed E-state index contributed by atoms with van der Waals surface area (Å²) < 4.78 is 47.6. The molecular weight excluding hydrogens is 424 g/mol. The molecule has 0 saturated carbocycles. The van der Waals surface area contributed by atoms with Gasteiger partial charge >= 0.3 is 10.1 Å². The van der Waals surface area contributed by atoms with E-state index in [4.69, 9.17) is 18.4 Å². The SMILES string of the molecule is COc1cc(Br)c(S(=O)(=O)Oc2cccc3c2OC(C)(C)C3)cc1OC. The number of methoxy groups -OCH3 is 2. The molecule has 1 aliphatic rings. The topological polar surface area (TPSA) is 71.1 Å². The van der Waals surface area contributed by atoms with Crippen LogP contribution in [0.1, 0.15) is 19.4 Å². The molecule has 0 fully saturated rings. The second kappa shape index (κ2) is 6.66. The summed E-state index contributed by atoms with van der Waals surface area (Å²) in [5.74, 6) is 1.31. The minimum absolute atomic E-state index is 0.0648. The van der Waals surface area contributed by atoms with Crippen LogP contribution in [0.3, 0.4) is 0 Å². The van der Waals surface area contributed by atoms with Crippen molar-refractivity contribution in [2.24, 2.45) is 0 Å². The Labute approximate surface area is 161 Å². The standard InChI is InChI=1S/C18H19BrO6S/c1-18(2)10-11-6-5-7-13(17(11)24-18)25-26(20,21)16-9-15(23-4)14(22-3)8-12(16)19/h5-9H,10H2,1-4H3. The van der Waals surface area contributed by atoms with Crippen molar-refractivity contribution in [2.45, 2.75) is 30.8 Å². The fourth-order valence-corrected chi connectivity index (χ4v) is 4.77. The van der Waals surface area contributed by atoms with Crippen molar-refractivity contribution >= 4 is 26.0 Å². The van der Waals surface area contributed by atoms with Gasteiger partial charge in [0.15, 0.2) is 23.0 Å². The number of ether oxygens (including phenoxy) is 3. The Hall–Kier alpha value is -1.93. The van der Waals surface area contributed by atoms with Crippen LogP contribution in [0, 0.1) is 0 Å². The third kappa shape index (κ3) is 3.48. The minimum Gasteiger partial charge on any atom is -0.493 e. The summed E-state index contributed by atoms with van der Waals surface area (Å²) in [6.07, 6.45) is 0.680. The Bertz CT molecular complexity index is 952. The number of benzene rings is 2. The van der Waals surface area contributed by atoms with E-state index < -0.39 is 15.7 Å². The number of hydrogen-bond acceptors (Lipinski definition) is 6. The molecule has 3 rings (SSSR count). The maximum absolute atomic E-state index is 12.8. The van der Waals surface area contributed by atoms with Gasteiger partial charge < -0.3 is 18.4 Å². The van der Waals surface area contributed by atoms with Gasteiger partial charge in [0.05, 0.1) is 14.2 Å². The third-order valence-corrected chi connectivity index (χ3v) is 6.16. The molecule has 26 heavy (non-hydrogen) atoms. The van der Waals surface area contributed by atoms with Gasteiger partial charge in [0.25, 0.3) is 0 Å². The van der Waals surface area contributed by atoms with Gasteiger partial charge in [-0.1, -0.05) is 12.1 Å². The number of hydrogen-bond donors (Lipinski definition) is 0. The highest BCUT2D eigenvalue weighted by Crippen LogP contribution is 2.43. The van der Waals surface area contributed by atoms with E-state index in [9.17, 15) is 8.42 Å². The molecule has 2 aromatic carbocycles. The molecule has 0 radical (unpaired) electrons. The Morgan fingerprint density at radius 2 is 1.73 bits per heavy atom. The van der Waals surface area contributed by atoms with Crippen LogP contribution >= 0.6 is 15.9 Å². The first-order chi connectivity index (χ1) is 12.2. The van der Waals surface area contributed by atoms with E-state index in [2.05, 4.69) is 15.9 Å². The van der Waals surface area contributed by atoms with Crippen molar-refractivity contribution in [1.82, 2.24) is 0 Å². The molecule has 0 N–H and O–H groups in total. The quantitative estimate of drug-likeness (QED) is 0.652. The fraction of sp³-hybridized carbons (Fsp3) is 0.333. The second-order valence-electron chi connectivity index (χ2n) is 6.46. The minimum atomic E-state index is -4.12. The molecule has 0 spiro atoms. The number of halogens is 1. The molecular formula is C18H19BrO6S. The van der Waals surface area contributed by atoms with Crippen molar-refractivity contribution in [2.75, 3.05) is 14.2 Å². The van der Waals surface area contributed by atoms with E-state index in [1.54, 1.807) is 12.1 Å². The summed E-state index contributed by atoms with van der Waals surface area (Å²) >= 11 is 3.25. The molecule has 1 heterocycles. The van der Waals surface area contributed by atoms with Crippen LogP contribution in [-0.2, 0) is 16.5 Å². The monoisotopic (exact) mass is 442 g/mol. The second-order valence-corrected chi connectivity index (χ2v) is 8.83. The predicted molar refractivity (Wildman–Crippen MR) is 99.9 cm³/mol. The van der Waals surface area contributed by atoms with Gasteiger partial charge in [0.2, 0.25) is 0 Å². The molecule has 0 saturated heterocycles. The first-order valence-electron chi connectivity index (χ1n) is 7.84. The Morgan fingerprint density at radius 3 is 2.38 bits per heavy atom. The Balaban J connectivity index is 2.01. The van der Waals surface area contributed by atoms with Gasteiger partial charge in [0.1, 0.15) is 10.5 Å². The first kappa shape index (κ1) is 18.8. The summed E-state index contributed by atoms with van der Waals surface area (Å²) in [7, 11) is -1.22. The summed E-state index contributed by atoms with van der Waals surface area (Å²) in [5.41, 5.74) is 0.504. The van der Waals surface area contributed by atoms with Crippen LogP contribution in [0.2, 0.25) is 0 Å². The first-order valence-corrected chi connectivity index (χ1v) is 10.0. The zero-order valence-electron chi connectivity index (χ0n) is 14.8. The van der Waals surface area contributed by atoms with Gasteiger partial charge in [-0.3, -0.25) is 0 Å². The summed E-state index contributed by atoms with van der Waals surface area (Å²) in [5, 5.41) is 0. The van der Waals surface area contributed by atoms with Crippen molar-refractivity contribution in [3.8, 4) is 23.0 Å². The molecule has 0 aromatic heterocycles. The maximum atomic E-state index is 12.8. The van der Waals surface area contributed by atoms with Gasteiger partial charge in [-0.15, -0.1) is 0 Å². The molecule has 0 amide bonds. The highest BCUT2D eigenvalue weighted by molar-refractivity contribution is 9.10. The van der Waals surface area contributed by atoms with Crippen molar-refractivity contribution in [3.05, 3.63) is 40.4 Å². The summed E-state index contributed by atoms with van der Waals surface area (Å²) in [6.45, 7) is 3.88. The van der Waals surface area contributed by atoms with Gasteiger partial charge in [-0.25, -0.2) is 0 Å². The van der Waals surface area contributed by atoms with E-state index in [0.29, 0.717) is 22.4 Å². The van der Waals surface area contributed by atoms with E-state index in [-0.39, 0.29) is 16.4 Å². The molecule has 2 aromatic rings. The summed E-state index contributed by atoms with van der Waals surface area (Å²) in [6, 6.07) is 8.09. The van der Waals surface area contributed by atoms with E-state index in [0.717, 1.165) is 5.56 Å². The number of fused-ring (bicyclic) bond motifs is 1. The van der Waals surface area contributed by atoms with Crippen molar-refractivity contribution in [1.29, 1.82) is 0 Å². The molecule has 0 atom stereocenters. The zero-order valence-corrected chi connectivity index (χ0v) is 17.2. The van der Waals surface area contributed by atoms with Crippen molar-refractivity contribution < 1.29 is 26.8 Å². The Morgan fingerprint density at radius 1 is 1.08 bits per heavy atom. The average molecular weight is 443 g/mol. The maximum Gasteiger partial charge on any atom is 0.340 e. The Kier molecular flexibility index (Phi) is 4.83. The molecule has 140 valence electrons. The molecule has 0 unspecified atom stereocenters. The lowest BCUT2D eigenvalue weighted by molar-refractivity contribution is 0.136. The molecule has 1 aliphatic heterocycles. The molecule has 0 bridgehead atoms. The van der Waals surface area contributed by atoms with E-state index >= 15 is 0 Å². The van der Waals surface area contributed by atoms with E-state index in [1.165, 1.54) is 26.4 Å². The van der Waals surface area contributed by atoms with Gasteiger partial charge in [-0.2, -0.15) is 8.42 Å². The number of para-hydroxylation sites is 1. The van der Waals surface area contributed by atoms with Crippen molar-refractivity contribution in [3.63, 3.8) is 0 Å². The lowest BCUT2D eigenvalue weighted by Crippen LogP contribution is -2.24. The average Bonchev–Trinajstić information content (AvgIpc) is 2.89. The van der Waals surface area contributed by atoms with Crippen LogP contribution in [0.5, 0.6) is 23.0 Å². The van der Waals surface area contributed by atoms with Crippen LogP contribution in [0.15, 0.2) is 39.7 Å². The normalized spacial score (nSPS) is 15.1. The lowest BCUT2D eigenvalue weighted by Gasteiger charge is -2.18. The molecule has 8 heteroatoms. The van der Waals surface area contributed by atoms with Gasteiger partial charge in [-0.05, 0) is 41.9 Å². The highest BCUT2D eigenvalue weighted by Gasteiger charge is 2.34. The smallest absolute Gasteiger partial charge is 0.340 e. The zero-order chi connectivity index (χ0) is 19.1. The molecule has 6 nitrogen and oxygen atoms in total. The third-order valence-electron chi connectivity index (χ3n) is 3.96. The molecule has 0 aliphatic carbocycles.